The summed E-state index contributed by atoms with van der Waals surface area (Å²) in [6, 6.07) is -0.199. The van der Waals surface area contributed by atoms with Crippen molar-refractivity contribution in [3.63, 3.8) is 0 Å². The highest BCUT2D eigenvalue weighted by molar-refractivity contribution is 5.83. The second-order valence-electron chi connectivity index (χ2n) is 4.14. The molecule has 7 nitrogen and oxygen atoms in total. The number of amides is 3. The first-order valence-corrected chi connectivity index (χ1v) is 5.81. The van der Waals surface area contributed by atoms with E-state index in [-0.39, 0.29) is 24.6 Å². The van der Waals surface area contributed by atoms with Gasteiger partial charge in [0, 0.05) is 26.1 Å². The van der Waals surface area contributed by atoms with Gasteiger partial charge in [0.05, 0.1) is 6.61 Å². The van der Waals surface area contributed by atoms with Gasteiger partial charge in [0.2, 0.25) is 0 Å². The molecule has 1 atom stereocenters. The van der Waals surface area contributed by atoms with Crippen LogP contribution in [-0.4, -0.2) is 55.8 Å². The first-order valence-electron chi connectivity index (χ1n) is 5.81. The highest BCUT2D eigenvalue weighted by atomic mass is 16.7. The number of carbonyl (C=O) groups excluding carboxylic acids is 2. The van der Waals surface area contributed by atoms with Gasteiger partial charge in [-0.05, 0) is 6.42 Å². The van der Waals surface area contributed by atoms with Gasteiger partial charge in [0.25, 0.3) is 5.91 Å². The van der Waals surface area contributed by atoms with Crippen molar-refractivity contribution in [3.05, 3.63) is 0 Å². The third kappa shape index (κ3) is 3.57. The third-order valence-corrected chi connectivity index (χ3v) is 2.73. The number of urea groups is 1. The number of rotatable bonds is 4. The fourth-order valence-corrected chi connectivity index (χ4v) is 1.79. The largest absolute Gasteiger partial charge is 0.379 e. The van der Waals surface area contributed by atoms with Gasteiger partial charge in [0.15, 0.2) is 0 Å². The molecule has 0 aromatic carbocycles. The lowest BCUT2D eigenvalue weighted by molar-refractivity contribution is -0.139. The highest BCUT2D eigenvalue weighted by Crippen LogP contribution is 2.06. The number of ether oxygens (including phenoxy) is 1. The van der Waals surface area contributed by atoms with E-state index in [4.69, 9.17) is 9.57 Å². The van der Waals surface area contributed by atoms with Crippen LogP contribution >= 0.6 is 0 Å². The Kier molecular flexibility index (Phi) is 4.16. The summed E-state index contributed by atoms with van der Waals surface area (Å²) < 4.78 is 5.11. The second-order valence-corrected chi connectivity index (χ2v) is 4.14. The molecule has 2 aliphatic heterocycles. The predicted octanol–water partition coefficient (Wildman–Crippen LogP) is -0.762. The minimum absolute atomic E-state index is 0.0272. The van der Waals surface area contributed by atoms with Crippen molar-refractivity contribution in [1.29, 1.82) is 0 Å². The van der Waals surface area contributed by atoms with E-state index in [1.165, 1.54) is 4.90 Å². The van der Waals surface area contributed by atoms with E-state index >= 15 is 0 Å². The maximum atomic E-state index is 11.5. The number of hydrogen-bond donors (Lipinski definition) is 2. The van der Waals surface area contributed by atoms with E-state index in [0.717, 1.165) is 12.8 Å². The van der Waals surface area contributed by atoms with Crippen LogP contribution in [0.5, 0.6) is 0 Å². The van der Waals surface area contributed by atoms with E-state index in [2.05, 4.69) is 10.8 Å². The first-order chi connectivity index (χ1) is 8.25. The molecule has 0 radical (unpaired) electrons. The number of nitrogens with one attached hydrogen (secondary N) is 2. The van der Waals surface area contributed by atoms with Crippen LogP contribution in [0.4, 0.5) is 4.79 Å². The van der Waals surface area contributed by atoms with Crippen molar-refractivity contribution in [3.8, 4) is 0 Å². The van der Waals surface area contributed by atoms with Crippen molar-refractivity contribution in [2.24, 2.45) is 0 Å². The van der Waals surface area contributed by atoms with Crippen LogP contribution in [0.1, 0.15) is 12.8 Å². The summed E-state index contributed by atoms with van der Waals surface area (Å²) in [5.74, 6) is -0.311. The zero-order chi connectivity index (χ0) is 12.1. The highest BCUT2D eigenvalue weighted by Gasteiger charge is 2.21. The molecule has 0 saturated carbocycles. The lowest BCUT2D eigenvalue weighted by atomic mass is 10.3. The molecule has 0 aliphatic carbocycles. The average molecular weight is 243 g/mol. The zero-order valence-corrected chi connectivity index (χ0v) is 9.61. The molecule has 3 amide bonds. The molecule has 2 fully saturated rings. The van der Waals surface area contributed by atoms with Gasteiger partial charge < -0.3 is 15.0 Å². The maximum Gasteiger partial charge on any atom is 0.317 e. The Hall–Kier alpha value is -1.34. The number of hydrogen-bond acceptors (Lipinski definition) is 4. The molecule has 0 spiro atoms. The Balaban J connectivity index is 1.67. The van der Waals surface area contributed by atoms with Crippen LogP contribution in [-0.2, 0) is 14.4 Å². The molecule has 0 bridgehead atoms. The van der Waals surface area contributed by atoms with Crippen LogP contribution < -0.4 is 10.8 Å². The molecule has 0 aromatic rings. The van der Waals surface area contributed by atoms with Crippen molar-refractivity contribution in [2.45, 2.75) is 18.9 Å². The number of hydroxylamine groups is 1. The van der Waals surface area contributed by atoms with Crippen LogP contribution in [0.3, 0.4) is 0 Å². The second kappa shape index (κ2) is 5.83. The summed E-state index contributed by atoms with van der Waals surface area (Å²) in [4.78, 5) is 29.5. The zero-order valence-electron chi connectivity index (χ0n) is 9.61. The Morgan fingerprint density at radius 2 is 2.53 bits per heavy atom. The minimum atomic E-state index is -0.311. The minimum Gasteiger partial charge on any atom is -0.379 e. The summed E-state index contributed by atoms with van der Waals surface area (Å²) in [5, 5.41) is 2.68. The van der Waals surface area contributed by atoms with Gasteiger partial charge in [-0.3, -0.25) is 9.63 Å². The normalized spacial score (nSPS) is 24.6. The monoisotopic (exact) mass is 243 g/mol. The summed E-state index contributed by atoms with van der Waals surface area (Å²) in [5.41, 5.74) is 2.35. The Morgan fingerprint density at radius 3 is 3.24 bits per heavy atom. The first kappa shape index (κ1) is 12.1. The van der Waals surface area contributed by atoms with Crippen molar-refractivity contribution >= 4 is 11.9 Å². The van der Waals surface area contributed by atoms with Gasteiger partial charge in [-0.1, -0.05) is 0 Å². The smallest absolute Gasteiger partial charge is 0.317 e. The third-order valence-electron chi connectivity index (χ3n) is 2.73. The molecule has 0 aromatic heterocycles. The quantitative estimate of drug-likeness (QED) is 0.636. The summed E-state index contributed by atoms with van der Waals surface area (Å²) in [6.45, 7) is 2.47. The molecular weight excluding hydrogens is 226 g/mol. The summed E-state index contributed by atoms with van der Waals surface area (Å²) in [7, 11) is 0. The van der Waals surface area contributed by atoms with Crippen LogP contribution in [0.2, 0.25) is 0 Å². The standard InChI is InChI=1S/C10H17N3O4/c14-9(12-17-8-2-5-16-7-8)6-13-4-1-3-11-10(13)15/h8H,1-7H2,(H,11,15)(H,12,14). The lowest BCUT2D eigenvalue weighted by Crippen LogP contribution is -2.50. The fraction of sp³-hybridized carbons (Fsp3) is 0.800. The average Bonchev–Trinajstić information content (AvgIpc) is 2.82. The van der Waals surface area contributed by atoms with E-state index in [0.29, 0.717) is 26.3 Å². The predicted molar refractivity (Wildman–Crippen MR) is 58.0 cm³/mol. The topological polar surface area (TPSA) is 79.9 Å². The molecule has 96 valence electrons. The molecule has 2 heterocycles. The van der Waals surface area contributed by atoms with Gasteiger partial charge in [-0.25, -0.2) is 10.3 Å². The number of nitrogens with zero attached hydrogens (tertiary/aromatic N) is 1. The number of carbonyl (C=O) groups is 2. The van der Waals surface area contributed by atoms with E-state index in [9.17, 15) is 9.59 Å². The van der Waals surface area contributed by atoms with Crippen molar-refractivity contribution < 1.29 is 19.2 Å². The molecular formula is C10H17N3O4. The summed E-state index contributed by atoms with van der Waals surface area (Å²) in [6.07, 6.45) is 1.56. The van der Waals surface area contributed by atoms with Gasteiger partial charge in [-0.15, -0.1) is 0 Å². The molecule has 2 saturated heterocycles. The van der Waals surface area contributed by atoms with E-state index in [1.54, 1.807) is 0 Å². The Morgan fingerprint density at radius 1 is 1.65 bits per heavy atom. The molecule has 2 aliphatic rings. The van der Waals surface area contributed by atoms with E-state index < -0.39 is 0 Å². The van der Waals surface area contributed by atoms with Crippen molar-refractivity contribution in [1.82, 2.24) is 15.7 Å². The van der Waals surface area contributed by atoms with Gasteiger partial charge in [0.1, 0.15) is 12.6 Å². The summed E-state index contributed by atoms with van der Waals surface area (Å²) >= 11 is 0. The van der Waals surface area contributed by atoms with Crippen LogP contribution in [0.15, 0.2) is 0 Å². The Labute approximate surface area is 99.4 Å². The van der Waals surface area contributed by atoms with Crippen LogP contribution in [0.25, 0.3) is 0 Å². The lowest BCUT2D eigenvalue weighted by Gasteiger charge is -2.26. The SMILES string of the molecule is O=C(CN1CCCNC1=O)NOC1CCOC1. The molecule has 1 unspecified atom stereocenters. The maximum absolute atomic E-state index is 11.5. The molecule has 7 heteroatoms. The Bertz CT molecular complexity index is 291. The molecule has 17 heavy (non-hydrogen) atoms. The van der Waals surface area contributed by atoms with Crippen molar-refractivity contribution in [2.75, 3.05) is 32.8 Å². The van der Waals surface area contributed by atoms with Gasteiger partial charge >= 0.3 is 6.03 Å². The van der Waals surface area contributed by atoms with Gasteiger partial charge in [-0.2, -0.15) is 0 Å². The molecule has 2 rings (SSSR count). The van der Waals surface area contributed by atoms with Crippen LogP contribution in [0, 0.1) is 0 Å². The molecule has 2 N–H and O–H groups in total. The van der Waals surface area contributed by atoms with E-state index in [1.807, 2.05) is 0 Å². The fourth-order valence-electron chi connectivity index (χ4n) is 1.79.